The number of aryl methyl sites for hydroxylation is 1. The summed E-state index contributed by atoms with van der Waals surface area (Å²) in [6, 6.07) is 6.71. The van der Waals surface area contributed by atoms with Crippen LogP contribution in [0.1, 0.15) is 31.1 Å². The van der Waals surface area contributed by atoms with Crippen LogP contribution in [0.3, 0.4) is 0 Å². The molecule has 0 aliphatic rings. The predicted molar refractivity (Wildman–Crippen MR) is 91.7 cm³/mol. The Hall–Kier alpha value is -3.03. The summed E-state index contributed by atoms with van der Waals surface area (Å²) in [5.74, 6) is 0.515. The van der Waals surface area contributed by atoms with Crippen molar-refractivity contribution in [3.8, 4) is 0 Å². The fourth-order valence-electron chi connectivity index (χ4n) is 2.39. The highest BCUT2D eigenvalue weighted by molar-refractivity contribution is 5.56. The van der Waals surface area contributed by atoms with Gasteiger partial charge >= 0.3 is 0 Å². The van der Waals surface area contributed by atoms with Gasteiger partial charge in [-0.15, -0.1) is 0 Å². The van der Waals surface area contributed by atoms with Crippen LogP contribution in [-0.4, -0.2) is 20.2 Å². The van der Waals surface area contributed by atoms with Gasteiger partial charge in [0, 0.05) is 29.5 Å². The molecule has 0 aliphatic heterocycles. The summed E-state index contributed by atoms with van der Waals surface area (Å²) >= 11 is 0. The van der Waals surface area contributed by atoms with Crippen molar-refractivity contribution in [3.05, 3.63) is 59.6 Å². The fourth-order valence-corrected chi connectivity index (χ4v) is 2.39. The molecule has 8 heteroatoms. The first-order valence-electron chi connectivity index (χ1n) is 7.90. The molecule has 0 spiro atoms. The van der Waals surface area contributed by atoms with Crippen LogP contribution in [0.2, 0.25) is 0 Å². The molecule has 25 heavy (non-hydrogen) atoms. The Bertz CT molecular complexity index is 864. The Morgan fingerprint density at radius 1 is 1.08 bits per heavy atom. The first kappa shape index (κ1) is 16.8. The Kier molecular flexibility index (Phi) is 4.87. The van der Waals surface area contributed by atoms with Crippen LogP contribution in [0.15, 0.2) is 36.7 Å². The molecule has 1 atom stereocenters. The normalized spacial score (nSPS) is 12.0. The molecule has 0 saturated carbocycles. The van der Waals surface area contributed by atoms with Crippen LogP contribution in [0, 0.1) is 11.6 Å². The van der Waals surface area contributed by atoms with Gasteiger partial charge in [-0.2, -0.15) is 5.10 Å². The summed E-state index contributed by atoms with van der Waals surface area (Å²) in [6.07, 6.45) is 2.25. The number of rotatable bonds is 6. The van der Waals surface area contributed by atoms with Crippen molar-refractivity contribution >= 4 is 17.5 Å². The molecule has 0 amide bonds. The SMILES string of the molecule is CCc1cc(Nc2cc(NC(C)c3ccc(F)cc3F)ncn2)n[nH]1. The number of nitrogens with one attached hydrogen (secondary N) is 3. The van der Waals surface area contributed by atoms with Gasteiger partial charge in [-0.1, -0.05) is 13.0 Å². The topological polar surface area (TPSA) is 78.5 Å². The fraction of sp³-hybridized carbons (Fsp3) is 0.235. The smallest absolute Gasteiger partial charge is 0.153 e. The molecule has 1 aromatic carbocycles. The van der Waals surface area contributed by atoms with Crippen molar-refractivity contribution in [2.24, 2.45) is 0 Å². The predicted octanol–water partition coefficient (Wildman–Crippen LogP) is 3.96. The molecule has 0 saturated heterocycles. The van der Waals surface area contributed by atoms with Gasteiger partial charge < -0.3 is 10.6 Å². The summed E-state index contributed by atoms with van der Waals surface area (Å²) in [7, 11) is 0. The summed E-state index contributed by atoms with van der Waals surface area (Å²) in [5, 5.41) is 13.2. The monoisotopic (exact) mass is 344 g/mol. The molecule has 0 radical (unpaired) electrons. The highest BCUT2D eigenvalue weighted by Crippen LogP contribution is 2.23. The zero-order valence-electron chi connectivity index (χ0n) is 13.8. The van der Waals surface area contributed by atoms with Gasteiger partial charge in [0.05, 0.1) is 6.04 Å². The minimum Gasteiger partial charge on any atom is -0.363 e. The van der Waals surface area contributed by atoms with E-state index in [1.54, 1.807) is 13.0 Å². The van der Waals surface area contributed by atoms with Crippen molar-refractivity contribution in [1.82, 2.24) is 20.2 Å². The van der Waals surface area contributed by atoms with Crippen LogP contribution >= 0.6 is 0 Å². The molecule has 2 heterocycles. The molecule has 2 aromatic heterocycles. The molecule has 130 valence electrons. The van der Waals surface area contributed by atoms with E-state index in [-0.39, 0.29) is 6.04 Å². The number of aromatic amines is 1. The van der Waals surface area contributed by atoms with E-state index in [9.17, 15) is 8.78 Å². The summed E-state index contributed by atoms with van der Waals surface area (Å²) in [4.78, 5) is 8.27. The van der Waals surface area contributed by atoms with Gasteiger partial charge in [0.25, 0.3) is 0 Å². The Morgan fingerprint density at radius 3 is 2.60 bits per heavy atom. The molecule has 0 bridgehead atoms. The van der Waals surface area contributed by atoms with Gasteiger partial charge in [0.2, 0.25) is 0 Å². The number of halogens is 2. The molecule has 0 aliphatic carbocycles. The number of anilines is 3. The molecule has 6 nitrogen and oxygen atoms in total. The quantitative estimate of drug-likeness (QED) is 0.631. The van der Waals surface area contributed by atoms with Gasteiger partial charge in [-0.25, -0.2) is 18.7 Å². The summed E-state index contributed by atoms with van der Waals surface area (Å²) in [5.41, 5.74) is 1.37. The minimum atomic E-state index is -0.604. The standard InChI is InChI=1S/C17H18F2N6/c1-3-12-7-17(25-24-12)23-16-8-15(20-9-21-16)22-10(2)13-5-4-11(18)6-14(13)19/h4-10H,3H2,1-2H3,(H3,20,21,22,23,24,25). The van der Waals surface area contributed by atoms with Crippen LogP contribution < -0.4 is 10.6 Å². The van der Waals surface area contributed by atoms with Gasteiger partial charge in [0.15, 0.2) is 5.82 Å². The Balaban J connectivity index is 1.72. The number of H-pyrrole nitrogens is 1. The van der Waals surface area contributed by atoms with Crippen LogP contribution in [0.25, 0.3) is 0 Å². The number of hydrogen-bond donors (Lipinski definition) is 3. The average Bonchev–Trinajstić information content (AvgIpc) is 3.02. The van der Waals surface area contributed by atoms with Crippen LogP contribution in [-0.2, 0) is 6.42 Å². The molecule has 1 unspecified atom stereocenters. The first-order valence-corrected chi connectivity index (χ1v) is 7.90. The maximum absolute atomic E-state index is 13.9. The van der Waals surface area contributed by atoms with Crippen molar-refractivity contribution in [1.29, 1.82) is 0 Å². The highest BCUT2D eigenvalue weighted by atomic mass is 19.1. The zero-order valence-corrected chi connectivity index (χ0v) is 13.8. The van der Waals surface area contributed by atoms with E-state index < -0.39 is 11.6 Å². The molecule has 0 fully saturated rings. The first-order chi connectivity index (χ1) is 12.0. The Labute approximate surface area is 143 Å². The van der Waals surface area contributed by atoms with Crippen molar-refractivity contribution in [2.75, 3.05) is 10.6 Å². The number of aromatic nitrogens is 4. The van der Waals surface area contributed by atoms with Crippen molar-refractivity contribution in [2.45, 2.75) is 26.3 Å². The average molecular weight is 344 g/mol. The van der Waals surface area contributed by atoms with E-state index in [1.165, 1.54) is 18.5 Å². The van der Waals surface area contributed by atoms with E-state index in [4.69, 9.17) is 0 Å². The maximum atomic E-state index is 13.9. The summed E-state index contributed by atoms with van der Waals surface area (Å²) < 4.78 is 26.9. The van der Waals surface area contributed by atoms with Crippen LogP contribution in [0.5, 0.6) is 0 Å². The third-order valence-electron chi connectivity index (χ3n) is 3.73. The second-order valence-electron chi connectivity index (χ2n) is 5.58. The lowest BCUT2D eigenvalue weighted by molar-refractivity contribution is 0.566. The van der Waals surface area contributed by atoms with Crippen molar-refractivity contribution < 1.29 is 8.78 Å². The van der Waals surface area contributed by atoms with Gasteiger partial charge in [0.1, 0.15) is 29.6 Å². The maximum Gasteiger partial charge on any atom is 0.153 e. The second-order valence-corrected chi connectivity index (χ2v) is 5.58. The largest absolute Gasteiger partial charge is 0.363 e. The van der Waals surface area contributed by atoms with E-state index in [1.807, 2.05) is 13.0 Å². The molecule has 3 aromatic rings. The van der Waals surface area contributed by atoms with E-state index >= 15 is 0 Å². The van der Waals surface area contributed by atoms with E-state index in [0.29, 0.717) is 23.0 Å². The molecule has 3 N–H and O–H groups in total. The lowest BCUT2D eigenvalue weighted by atomic mass is 10.1. The van der Waals surface area contributed by atoms with Gasteiger partial charge in [-0.3, -0.25) is 5.10 Å². The molecule has 3 rings (SSSR count). The lowest BCUT2D eigenvalue weighted by Gasteiger charge is -2.16. The number of hydrogen-bond acceptors (Lipinski definition) is 5. The van der Waals surface area contributed by atoms with E-state index in [2.05, 4.69) is 30.8 Å². The molecular weight excluding hydrogens is 326 g/mol. The number of benzene rings is 1. The second kappa shape index (κ2) is 7.25. The molecular formula is C17H18F2N6. The van der Waals surface area contributed by atoms with Crippen molar-refractivity contribution in [3.63, 3.8) is 0 Å². The number of nitrogens with zero attached hydrogens (tertiary/aromatic N) is 3. The van der Waals surface area contributed by atoms with Crippen LogP contribution in [0.4, 0.5) is 26.2 Å². The van der Waals surface area contributed by atoms with Gasteiger partial charge in [-0.05, 0) is 19.4 Å². The minimum absolute atomic E-state index is 0.356. The third kappa shape index (κ3) is 4.09. The third-order valence-corrected chi connectivity index (χ3v) is 3.73. The Morgan fingerprint density at radius 2 is 1.88 bits per heavy atom. The summed E-state index contributed by atoms with van der Waals surface area (Å²) in [6.45, 7) is 3.80. The highest BCUT2D eigenvalue weighted by Gasteiger charge is 2.13. The van der Waals surface area contributed by atoms with E-state index in [0.717, 1.165) is 18.2 Å². The zero-order chi connectivity index (χ0) is 17.8. The lowest BCUT2D eigenvalue weighted by Crippen LogP contribution is -2.10.